The van der Waals surface area contributed by atoms with Crippen molar-refractivity contribution in [3.05, 3.63) is 163 Å². The number of benzene rings is 2. The first-order valence-electron chi connectivity index (χ1n) is 15.3. The summed E-state index contributed by atoms with van der Waals surface area (Å²) in [5.74, 6) is 0. The van der Waals surface area contributed by atoms with Gasteiger partial charge in [-0.3, -0.25) is 0 Å². The van der Waals surface area contributed by atoms with Gasteiger partial charge in [0.1, 0.15) is 10.8 Å². The van der Waals surface area contributed by atoms with E-state index in [1.165, 1.54) is 27.6 Å². The lowest BCUT2D eigenvalue weighted by Crippen LogP contribution is -2.20. The number of hydrogen-bond acceptors (Lipinski definition) is 2. The average molecular weight is 581 g/mol. The average Bonchev–Trinajstić information content (AvgIpc) is 3.83. The Morgan fingerprint density at radius 2 is 1.00 bits per heavy atom. The second kappa shape index (κ2) is 9.62. The van der Waals surface area contributed by atoms with Crippen molar-refractivity contribution < 1.29 is 4.42 Å². The molecule has 0 amide bonds. The van der Waals surface area contributed by atoms with Crippen LogP contribution in [-0.2, 0) is 23.7 Å². The summed E-state index contributed by atoms with van der Waals surface area (Å²) in [6, 6.07) is 34.5. The number of aromatic nitrogens is 2. The third-order valence-electron chi connectivity index (χ3n) is 9.59. The largest absolute Gasteiger partial charge is 0.456 e. The number of H-pyrrole nitrogens is 2. The summed E-state index contributed by atoms with van der Waals surface area (Å²) in [5.41, 5.74) is 13.5. The topological polar surface area (TPSA) is 44.7 Å². The molecule has 214 valence electrons. The highest BCUT2D eigenvalue weighted by Crippen LogP contribution is 2.49. The molecule has 43 heavy (non-hydrogen) atoms. The van der Waals surface area contributed by atoms with E-state index in [1.54, 1.807) is 11.1 Å². The Kier molecular flexibility index (Phi) is 5.89. The van der Waals surface area contributed by atoms with Crippen LogP contribution >= 0.6 is 11.3 Å². The van der Waals surface area contributed by atoms with Gasteiger partial charge in [-0.25, -0.2) is 0 Å². The second-order valence-electron chi connectivity index (χ2n) is 13.0. The monoisotopic (exact) mass is 580 g/mol. The molecule has 1 aliphatic heterocycles. The zero-order valence-corrected chi connectivity index (χ0v) is 26.0. The van der Waals surface area contributed by atoms with Gasteiger partial charge in [0.05, 0.1) is 0 Å². The minimum absolute atomic E-state index is 0.159. The smallest absolute Gasteiger partial charge is 0.137 e. The molecule has 8 rings (SSSR count). The first-order chi connectivity index (χ1) is 20.8. The van der Waals surface area contributed by atoms with Gasteiger partial charge in [0, 0.05) is 54.5 Å². The zero-order valence-electron chi connectivity index (χ0n) is 25.2. The minimum Gasteiger partial charge on any atom is -0.456 e. The predicted octanol–water partition coefficient (Wildman–Crippen LogP) is 7.95. The molecule has 4 heteroatoms. The maximum atomic E-state index is 6.83. The van der Waals surface area contributed by atoms with Crippen LogP contribution in [0.15, 0.2) is 101 Å². The molecule has 0 spiro atoms. The molecule has 0 saturated heterocycles. The maximum absolute atomic E-state index is 6.83. The first kappa shape index (κ1) is 26.4. The summed E-state index contributed by atoms with van der Waals surface area (Å²) in [6.45, 7) is 9.53. The number of thiophene rings is 1. The summed E-state index contributed by atoms with van der Waals surface area (Å²) in [4.78, 5) is 10.8. The third kappa shape index (κ3) is 4.07. The number of aromatic amines is 2. The van der Waals surface area contributed by atoms with Crippen LogP contribution in [0.3, 0.4) is 0 Å². The lowest BCUT2D eigenvalue weighted by atomic mass is 9.82. The summed E-state index contributed by atoms with van der Waals surface area (Å²) in [5, 5.41) is 0. The lowest BCUT2D eigenvalue weighted by molar-refractivity contribution is 0.498. The minimum atomic E-state index is -0.159. The fraction of sp³-hybridized carbons (Fsp3) is 0.231. The predicted molar refractivity (Wildman–Crippen MR) is 176 cm³/mol. The van der Waals surface area contributed by atoms with Crippen molar-refractivity contribution in [3.63, 3.8) is 0 Å². The molecule has 2 N–H and O–H groups in total. The van der Waals surface area contributed by atoms with Crippen molar-refractivity contribution in [2.45, 2.75) is 57.8 Å². The highest BCUT2D eigenvalue weighted by atomic mass is 32.1. The van der Waals surface area contributed by atoms with Crippen molar-refractivity contribution in [2.24, 2.45) is 0 Å². The highest BCUT2D eigenvalue weighted by Gasteiger charge is 2.39. The van der Waals surface area contributed by atoms with Crippen molar-refractivity contribution >= 4 is 22.5 Å². The molecule has 0 saturated carbocycles. The molecule has 2 aliphatic rings. The van der Waals surface area contributed by atoms with Gasteiger partial charge in [-0.1, -0.05) is 60.7 Å². The van der Waals surface area contributed by atoms with Gasteiger partial charge >= 0.3 is 0 Å². The molecule has 2 aromatic carbocycles. The van der Waals surface area contributed by atoms with Crippen LogP contribution in [0, 0.1) is 0 Å². The molecule has 1 aliphatic carbocycles. The summed E-state index contributed by atoms with van der Waals surface area (Å²) < 4.78 is 6.83. The van der Waals surface area contributed by atoms with Crippen LogP contribution in [0.1, 0.15) is 88.9 Å². The van der Waals surface area contributed by atoms with Crippen molar-refractivity contribution in [2.75, 3.05) is 0 Å². The van der Waals surface area contributed by atoms with E-state index < -0.39 is 0 Å². The van der Waals surface area contributed by atoms with Gasteiger partial charge in [0.25, 0.3) is 0 Å². The SMILES string of the molecule is CC1(C)c2ccc([nH]2)/C(c2ccccc2)=c2/cc/c(o2)=C(\c2ccccc2)c2ccc([nH]2)C(C)(C)c2sc1c1c2CCC1. The normalized spacial score (nSPS) is 19.3. The Hall–Kier alpha value is -4.28. The molecule has 0 radical (unpaired) electrons. The van der Waals surface area contributed by atoms with E-state index in [4.69, 9.17) is 4.42 Å². The van der Waals surface area contributed by atoms with E-state index in [0.29, 0.717) is 0 Å². The Balaban J connectivity index is 1.50. The Morgan fingerprint density at radius 1 is 0.558 bits per heavy atom. The van der Waals surface area contributed by atoms with Crippen LogP contribution in [0.5, 0.6) is 0 Å². The van der Waals surface area contributed by atoms with Crippen molar-refractivity contribution in [1.82, 2.24) is 9.97 Å². The number of rotatable bonds is 2. The quantitative estimate of drug-likeness (QED) is 0.215. The standard InChI is InChI=1S/C39H36N2OS/c1-38(2)32-22-18-28(40-32)34(24-12-7-5-8-13-24)30-20-21-31(42-30)35(25-14-9-6-10-15-25)29-19-23-33(41-29)39(3,4)37-27-17-11-16-26(27)36(38)43-37/h5-10,12-15,18-23,40-41H,11,16-17H2,1-4H3/b34-30-,35-31-. The highest BCUT2D eigenvalue weighted by molar-refractivity contribution is 7.12. The number of fused-ring (bicyclic) bond motifs is 11. The third-order valence-corrected chi connectivity index (χ3v) is 11.5. The van der Waals surface area contributed by atoms with E-state index in [2.05, 4.69) is 135 Å². The molecule has 5 heterocycles. The zero-order chi connectivity index (χ0) is 29.3. The molecule has 0 atom stereocenters. The molecule has 0 unspecified atom stereocenters. The molecule has 3 nitrogen and oxygen atoms in total. The molecule has 0 fully saturated rings. The van der Waals surface area contributed by atoms with Gasteiger partial charge in [0.2, 0.25) is 0 Å². The second-order valence-corrected chi connectivity index (χ2v) is 14.1. The van der Waals surface area contributed by atoms with E-state index in [-0.39, 0.29) is 10.8 Å². The van der Waals surface area contributed by atoms with E-state index >= 15 is 0 Å². The molecule has 8 bridgehead atoms. The summed E-state index contributed by atoms with van der Waals surface area (Å²) in [7, 11) is 0. The Bertz CT molecular complexity index is 1950. The molecular weight excluding hydrogens is 545 g/mol. The molecular formula is C39H36N2OS. The maximum Gasteiger partial charge on any atom is 0.137 e. The van der Waals surface area contributed by atoms with Crippen LogP contribution < -0.4 is 10.8 Å². The fourth-order valence-electron chi connectivity index (χ4n) is 7.21. The number of furan rings is 1. The van der Waals surface area contributed by atoms with Gasteiger partial charge in [-0.05, 0) is 106 Å². The van der Waals surface area contributed by atoms with Gasteiger partial charge < -0.3 is 14.4 Å². The van der Waals surface area contributed by atoms with E-state index in [0.717, 1.165) is 57.3 Å². The first-order valence-corrected chi connectivity index (χ1v) is 16.1. The Labute approximate surface area is 256 Å². The van der Waals surface area contributed by atoms with Crippen LogP contribution in [-0.4, -0.2) is 9.97 Å². The van der Waals surface area contributed by atoms with Crippen LogP contribution in [0.4, 0.5) is 0 Å². The van der Waals surface area contributed by atoms with Gasteiger partial charge in [0.15, 0.2) is 0 Å². The number of hydrogen-bond donors (Lipinski definition) is 2. The van der Waals surface area contributed by atoms with Gasteiger partial charge in [-0.15, -0.1) is 11.3 Å². The molecule has 4 aromatic heterocycles. The van der Waals surface area contributed by atoms with Crippen molar-refractivity contribution in [1.29, 1.82) is 0 Å². The lowest BCUT2D eigenvalue weighted by Gasteiger charge is -2.26. The van der Waals surface area contributed by atoms with Gasteiger partial charge in [-0.2, -0.15) is 0 Å². The van der Waals surface area contributed by atoms with Crippen LogP contribution in [0.25, 0.3) is 11.1 Å². The Morgan fingerprint density at radius 3 is 1.44 bits per heavy atom. The van der Waals surface area contributed by atoms with E-state index in [9.17, 15) is 0 Å². The molecule has 6 aromatic rings. The number of nitrogens with one attached hydrogen (secondary N) is 2. The van der Waals surface area contributed by atoms with Crippen molar-refractivity contribution in [3.8, 4) is 0 Å². The summed E-state index contributed by atoms with van der Waals surface area (Å²) in [6.07, 6.45) is 3.55. The summed E-state index contributed by atoms with van der Waals surface area (Å²) >= 11 is 2.03. The van der Waals surface area contributed by atoms with Crippen LogP contribution in [0.2, 0.25) is 0 Å². The van der Waals surface area contributed by atoms with E-state index in [1.807, 2.05) is 11.3 Å². The fourth-order valence-corrected chi connectivity index (χ4v) is 8.84.